The molecule has 3 rings (SSSR count). The highest BCUT2D eigenvalue weighted by atomic mass is 35.5. The van der Waals surface area contributed by atoms with Gasteiger partial charge in [0.2, 0.25) is 5.91 Å². The van der Waals surface area contributed by atoms with Gasteiger partial charge in [-0.3, -0.25) is 9.48 Å². The summed E-state index contributed by atoms with van der Waals surface area (Å²) in [4.78, 5) is 21.2. The molecule has 1 aromatic heterocycles. The maximum Gasteiger partial charge on any atom is 0.244 e. The summed E-state index contributed by atoms with van der Waals surface area (Å²) in [5, 5.41) is 11.4. The van der Waals surface area contributed by atoms with Crippen LogP contribution >= 0.6 is 11.6 Å². The van der Waals surface area contributed by atoms with E-state index in [1.807, 2.05) is 53.0 Å². The molecule has 0 saturated carbocycles. The van der Waals surface area contributed by atoms with Crippen molar-refractivity contribution in [3.63, 3.8) is 0 Å². The predicted octanol–water partition coefficient (Wildman–Crippen LogP) is 1.83. The number of halogens is 1. The molecule has 8 nitrogen and oxygen atoms in total. The molecule has 2 aromatic rings. The third-order valence-corrected chi connectivity index (χ3v) is 5.21. The molecule has 1 fully saturated rings. The van der Waals surface area contributed by atoms with E-state index in [1.54, 1.807) is 6.20 Å². The van der Waals surface area contributed by atoms with Crippen LogP contribution in [0.1, 0.15) is 13.3 Å². The number of anilines is 1. The fraction of sp³-hybridized carbons (Fsp3) is 0.476. The lowest BCUT2D eigenvalue weighted by molar-refractivity contribution is -0.129. The molecule has 1 aliphatic rings. The highest BCUT2D eigenvalue weighted by Crippen LogP contribution is 2.19. The van der Waals surface area contributed by atoms with Crippen LogP contribution in [0.2, 0.25) is 5.02 Å². The van der Waals surface area contributed by atoms with Crippen LogP contribution in [0.15, 0.2) is 47.7 Å². The van der Waals surface area contributed by atoms with E-state index >= 15 is 0 Å². The Morgan fingerprint density at radius 2 is 1.93 bits per heavy atom. The van der Waals surface area contributed by atoms with Crippen molar-refractivity contribution in [1.82, 2.24) is 25.3 Å². The number of aromatic nitrogens is 2. The molecule has 0 unspecified atom stereocenters. The first-order valence-corrected chi connectivity index (χ1v) is 10.8. The topological polar surface area (TPSA) is 77.8 Å². The molecule has 1 aromatic carbocycles. The number of aliphatic imine (C=N–C) groups is 1. The molecule has 1 amide bonds. The summed E-state index contributed by atoms with van der Waals surface area (Å²) in [7, 11) is 0. The molecule has 2 heterocycles. The number of benzene rings is 1. The number of rotatable bonds is 8. The second kappa shape index (κ2) is 11.4. The molecule has 0 bridgehead atoms. The van der Waals surface area contributed by atoms with Crippen molar-refractivity contribution in [2.75, 3.05) is 50.7 Å². The Balaban J connectivity index is 1.41. The average molecular weight is 432 g/mol. The van der Waals surface area contributed by atoms with Crippen LogP contribution < -0.4 is 15.5 Å². The first-order chi connectivity index (χ1) is 14.7. The van der Waals surface area contributed by atoms with Crippen molar-refractivity contribution in [3.8, 4) is 0 Å². The fourth-order valence-electron chi connectivity index (χ4n) is 3.33. The Morgan fingerprint density at radius 3 is 2.60 bits per heavy atom. The van der Waals surface area contributed by atoms with Crippen molar-refractivity contribution in [3.05, 3.63) is 47.7 Å². The molecule has 0 atom stereocenters. The zero-order chi connectivity index (χ0) is 21.2. The second-order valence-corrected chi connectivity index (χ2v) is 7.53. The van der Waals surface area contributed by atoms with E-state index in [4.69, 9.17) is 11.6 Å². The number of aryl methyl sites for hydroxylation is 1. The third-order valence-electron chi connectivity index (χ3n) is 4.96. The number of carbonyl (C=O) groups is 1. The normalized spacial score (nSPS) is 14.7. The van der Waals surface area contributed by atoms with Gasteiger partial charge in [-0.25, -0.2) is 4.99 Å². The quantitative estimate of drug-likeness (QED) is 0.379. The second-order valence-electron chi connectivity index (χ2n) is 7.09. The number of hydrogen-bond donors (Lipinski definition) is 2. The van der Waals surface area contributed by atoms with Crippen molar-refractivity contribution in [1.29, 1.82) is 0 Å². The van der Waals surface area contributed by atoms with Gasteiger partial charge in [0.15, 0.2) is 5.96 Å². The first kappa shape index (κ1) is 22.0. The number of piperazine rings is 1. The van der Waals surface area contributed by atoms with E-state index in [0.29, 0.717) is 19.0 Å². The minimum Gasteiger partial charge on any atom is -0.368 e. The Labute approximate surface area is 182 Å². The largest absolute Gasteiger partial charge is 0.368 e. The summed E-state index contributed by atoms with van der Waals surface area (Å²) in [5.74, 6) is 0.727. The van der Waals surface area contributed by atoms with Gasteiger partial charge < -0.3 is 20.4 Å². The summed E-state index contributed by atoms with van der Waals surface area (Å²) in [5.41, 5.74) is 1.14. The van der Waals surface area contributed by atoms with E-state index in [1.165, 1.54) is 0 Å². The van der Waals surface area contributed by atoms with E-state index < -0.39 is 0 Å². The Hall–Kier alpha value is -2.74. The van der Waals surface area contributed by atoms with Gasteiger partial charge in [0.1, 0.15) is 6.54 Å². The molecule has 30 heavy (non-hydrogen) atoms. The lowest BCUT2D eigenvalue weighted by Gasteiger charge is -2.36. The predicted molar refractivity (Wildman–Crippen MR) is 121 cm³/mol. The van der Waals surface area contributed by atoms with Gasteiger partial charge in [-0.2, -0.15) is 5.10 Å². The molecule has 0 spiro atoms. The van der Waals surface area contributed by atoms with Gasteiger partial charge >= 0.3 is 0 Å². The van der Waals surface area contributed by atoms with Gasteiger partial charge in [0.25, 0.3) is 0 Å². The smallest absolute Gasteiger partial charge is 0.244 e. The molecular weight excluding hydrogens is 402 g/mol. The van der Waals surface area contributed by atoms with Gasteiger partial charge in [0, 0.05) is 68.9 Å². The van der Waals surface area contributed by atoms with Gasteiger partial charge in [-0.15, -0.1) is 0 Å². The van der Waals surface area contributed by atoms with Gasteiger partial charge in [-0.05, 0) is 43.7 Å². The van der Waals surface area contributed by atoms with Crippen LogP contribution in [-0.2, 0) is 11.3 Å². The molecule has 0 radical (unpaired) electrons. The first-order valence-electron chi connectivity index (χ1n) is 10.4. The third kappa shape index (κ3) is 6.66. The maximum atomic E-state index is 12.6. The van der Waals surface area contributed by atoms with Crippen LogP contribution in [0.25, 0.3) is 0 Å². The minimum absolute atomic E-state index is 0.0551. The molecular formula is C21H30ClN7O. The lowest BCUT2D eigenvalue weighted by atomic mass is 10.2. The van der Waals surface area contributed by atoms with E-state index in [2.05, 4.69) is 25.6 Å². The van der Waals surface area contributed by atoms with Crippen molar-refractivity contribution >= 4 is 29.2 Å². The highest BCUT2D eigenvalue weighted by Gasteiger charge is 2.21. The Morgan fingerprint density at radius 1 is 1.17 bits per heavy atom. The maximum absolute atomic E-state index is 12.6. The molecule has 162 valence electrons. The SMILES string of the molecule is CCNC(=NCC(=O)N1CCN(c2ccc(Cl)cc2)CC1)NCCCn1cccn1. The summed E-state index contributed by atoms with van der Waals surface area (Å²) in [6.45, 7) is 7.53. The summed E-state index contributed by atoms with van der Waals surface area (Å²) in [6.07, 6.45) is 4.65. The molecule has 0 aliphatic carbocycles. The van der Waals surface area contributed by atoms with Crippen molar-refractivity contribution in [2.45, 2.75) is 19.9 Å². The van der Waals surface area contributed by atoms with E-state index in [9.17, 15) is 4.79 Å². The summed E-state index contributed by atoms with van der Waals surface area (Å²) >= 11 is 5.96. The molecule has 9 heteroatoms. The summed E-state index contributed by atoms with van der Waals surface area (Å²) in [6, 6.07) is 9.75. The highest BCUT2D eigenvalue weighted by molar-refractivity contribution is 6.30. The molecule has 2 N–H and O–H groups in total. The van der Waals surface area contributed by atoms with Crippen LogP contribution in [0.4, 0.5) is 5.69 Å². The number of guanidine groups is 1. The van der Waals surface area contributed by atoms with Crippen LogP contribution in [-0.4, -0.2) is 72.4 Å². The zero-order valence-electron chi connectivity index (χ0n) is 17.4. The standard InChI is InChI=1S/C21H30ClN7O/c1-2-23-21(24-9-3-11-29-12-4-10-26-29)25-17-20(30)28-15-13-27(14-16-28)19-7-5-18(22)6-8-19/h4-8,10,12H,2-3,9,11,13-17H2,1H3,(H2,23,24,25). The lowest BCUT2D eigenvalue weighted by Crippen LogP contribution is -2.49. The number of carbonyl (C=O) groups excluding carboxylic acids is 1. The zero-order valence-corrected chi connectivity index (χ0v) is 18.2. The fourth-order valence-corrected chi connectivity index (χ4v) is 3.46. The minimum atomic E-state index is 0.0551. The monoisotopic (exact) mass is 431 g/mol. The van der Waals surface area contributed by atoms with Crippen LogP contribution in [0.5, 0.6) is 0 Å². The van der Waals surface area contributed by atoms with Crippen molar-refractivity contribution in [2.24, 2.45) is 4.99 Å². The Bertz CT molecular complexity index is 799. The van der Waals surface area contributed by atoms with Crippen molar-refractivity contribution < 1.29 is 4.79 Å². The van der Waals surface area contributed by atoms with Crippen LogP contribution in [0, 0.1) is 0 Å². The number of nitrogens with one attached hydrogen (secondary N) is 2. The number of hydrogen-bond acceptors (Lipinski definition) is 4. The van der Waals surface area contributed by atoms with E-state index in [0.717, 1.165) is 49.9 Å². The van der Waals surface area contributed by atoms with Crippen LogP contribution in [0.3, 0.4) is 0 Å². The molecule has 1 aliphatic heterocycles. The van der Waals surface area contributed by atoms with E-state index in [-0.39, 0.29) is 12.5 Å². The number of amides is 1. The molecule has 1 saturated heterocycles. The number of nitrogens with zero attached hydrogens (tertiary/aromatic N) is 5. The Kier molecular flexibility index (Phi) is 8.38. The van der Waals surface area contributed by atoms with Gasteiger partial charge in [-0.1, -0.05) is 11.6 Å². The van der Waals surface area contributed by atoms with Gasteiger partial charge in [0.05, 0.1) is 0 Å². The summed E-state index contributed by atoms with van der Waals surface area (Å²) < 4.78 is 1.90. The average Bonchev–Trinajstić information content (AvgIpc) is 3.29.